The van der Waals surface area contributed by atoms with Crippen molar-refractivity contribution >= 4 is 23.0 Å². The van der Waals surface area contributed by atoms with Crippen LogP contribution in [0.5, 0.6) is 11.5 Å². The van der Waals surface area contributed by atoms with Crippen molar-refractivity contribution in [1.82, 2.24) is 5.32 Å². The molecule has 0 unspecified atom stereocenters. The summed E-state index contributed by atoms with van der Waals surface area (Å²) in [5.74, 6) is 1.57. The molecule has 1 fully saturated rings. The van der Waals surface area contributed by atoms with Gasteiger partial charge >= 0.3 is 0 Å². The Morgan fingerprint density at radius 1 is 1.00 bits per heavy atom. The molecule has 2 N–H and O–H groups in total. The van der Waals surface area contributed by atoms with E-state index in [2.05, 4.69) is 10.6 Å². The van der Waals surface area contributed by atoms with E-state index in [1.54, 1.807) is 0 Å². The number of ether oxygens (including phenoxy) is 1. The molecule has 1 aliphatic rings. The van der Waals surface area contributed by atoms with Gasteiger partial charge in [-0.25, -0.2) is 0 Å². The smallest absolute Gasteiger partial charge is 0.171 e. The lowest BCUT2D eigenvalue weighted by Gasteiger charge is -2.14. The first-order valence-electron chi connectivity index (χ1n) is 6.71. The number of anilines is 1. The summed E-state index contributed by atoms with van der Waals surface area (Å²) in [6, 6.07) is 18.0. The maximum atomic E-state index is 5.88. The van der Waals surface area contributed by atoms with Crippen LogP contribution in [0.25, 0.3) is 0 Å². The summed E-state index contributed by atoms with van der Waals surface area (Å²) in [5, 5.41) is 7.11. The molecule has 0 aromatic heterocycles. The highest BCUT2D eigenvalue weighted by atomic mass is 32.1. The fourth-order valence-electron chi connectivity index (χ4n) is 1.85. The first-order valence-corrected chi connectivity index (χ1v) is 7.11. The molecule has 102 valence electrons. The normalized spacial score (nSPS) is 13.6. The number of rotatable bonds is 4. The van der Waals surface area contributed by atoms with Gasteiger partial charge in [-0.15, -0.1) is 0 Å². The van der Waals surface area contributed by atoms with Crippen molar-refractivity contribution in [2.24, 2.45) is 0 Å². The highest BCUT2D eigenvalue weighted by Gasteiger charge is 2.22. The predicted molar refractivity (Wildman–Crippen MR) is 85.3 cm³/mol. The second-order valence-electron chi connectivity index (χ2n) is 4.78. The molecule has 0 aliphatic heterocycles. The minimum atomic E-state index is 0.539. The maximum absolute atomic E-state index is 5.88. The molecule has 4 heteroatoms. The van der Waals surface area contributed by atoms with Crippen molar-refractivity contribution < 1.29 is 4.74 Å². The quantitative estimate of drug-likeness (QED) is 0.834. The van der Waals surface area contributed by atoms with Crippen LogP contribution in [-0.4, -0.2) is 11.2 Å². The second-order valence-corrected chi connectivity index (χ2v) is 5.19. The van der Waals surface area contributed by atoms with Gasteiger partial charge in [0.2, 0.25) is 0 Å². The lowest BCUT2D eigenvalue weighted by atomic mass is 10.3. The molecular weight excluding hydrogens is 268 g/mol. The van der Waals surface area contributed by atoms with Crippen LogP contribution >= 0.6 is 12.2 Å². The van der Waals surface area contributed by atoms with E-state index in [1.165, 1.54) is 12.8 Å². The van der Waals surface area contributed by atoms with Gasteiger partial charge in [0.25, 0.3) is 0 Å². The predicted octanol–water partition coefficient (Wildman–Crippen LogP) is 3.93. The van der Waals surface area contributed by atoms with Gasteiger partial charge in [-0.1, -0.05) is 30.3 Å². The highest BCUT2D eigenvalue weighted by molar-refractivity contribution is 7.80. The monoisotopic (exact) mass is 284 g/mol. The third kappa shape index (κ3) is 3.48. The van der Waals surface area contributed by atoms with E-state index < -0.39 is 0 Å². The minimum absolute atomic E-state index is 0.539. The standard InChI is InChI=1S/C16H16N2OS/c20-16(17-12-10-11-12)18-14-8-4-5-9-15(14)19-13-6-2-1-3-7-13/h1-9,12H,10-11H2,(H2,17,18,20). The van der Waals surface area contributed by atoms with E-state index >= 15 is 0 Å². The van der Waals surface area contributed by atoms with Crippen molar-refractivity contribution in [3.8, 4) is 11.5 Å². The highest BCUT2D eigenvalue weighted by Crippen LogP contribution is 2.29. The molecule has 2 aromatic rings. The summed E-state index contributed by atoms with van der Waals surface area (Å²) in [5.41, 5.74) is 0.870. The van der Waals surface area contributed by atoms with E-state index in [4.69, 9.17) is 17.0 Å². The Morgan fingerprint density at radius 2 is 1.70 bits per heavy atom. The van der Waals surface area contributed by atoms with Gasteiger partial charge in [0.05, 0.1) is 5.69 Å². The summed E-state index contributed by atoms with van der Waals surface area (Å²) < 4.78 is 5.88. The number of benzene rings is 2. The van der Waals surface area contributed by atoms with Gasteiger partial charge in [0.1, 0.15) is 5.75 Å². The van der Waals surface area contributed by atoms with Gasteiger partial charge in [0, 0.05) is 6.04 Å². The first-order chi connectivity index (χ1) is 9.81. The van der Waals surface area contributed by atoms with Gasteiger partial charge in [0.15, 0.2) is 10.9 Å². The van der Waals surface area contributed by atoms with Crippen molar-refractivity contribution in [2.75, 3.05) is 5.32 Å². The van der Waals surface area contributed by atoms with Crippen LogP contribution in [-0.2, 0) is 0 Å². The van der Waals surface area contributed by atoms with E-state index in [1.807, 2.05) is 54.6 Å². The molecule has 0 spiro atoms. The van der Waals surface area contributed by atoms with Gasteiger partial charge in [-0.05, 0) is 49.3 Å². The van der Waals surface area contributed by atoms with E-state index in [0.29, 0.717) is 11.2 Å². The van der Waals surface area contributed by atoms with Gasteiger partial charge in [-0.2, -0.15) is 0 Å². The summed E-state index contributed by atoms with van der Waals surface area (Å²) in [7, 11) is 0. The molecule has 20 heavy (non-hydrogen) atoms. The summed E-state index contributed by atoms with van der Waals surface area (Å²) in [6.07, 6.45) is 2.40. The zero-order valence-corrected chi connectivity index (χ0v) is 11.8. The van der Waals surface area contributed by atoms with Crippen molar-refractivity contribution in [3.05, 3.63) is 54.6 Å². The Balaban J connectivity index is 1.72. The average Bonchev–Trinajstić information content (AvgIpc) is 3.26. The lowest BCUT2D eigenvalue weighted by molar-refractivity contribution is 0.485. The molecule has 3 nitrogen and oxygen atoms in total. The van der Waals surface area contributed by atoms with Crippen LogP contribution in [0.1, 0.15) is 12.8 Å². The fourth-order valence-corrected chi connectivity index (χ4v) is 2.12. The number of hydrogen-bond acceptors (Lipinski definition) is 2. The van der Waals surface area contributed by atoms with Gasteiger partial charge < -0.3 is 15.4 Å². The molecule has 1 saturated carbocycles. The number of para-hydroxylation sites is 3. The maximum Gasteiger partial charge on any atom is 0.171 e. The van der Waals surface area contributed by atoms with Crippen LogP contribution in [0.15, 0.2) is 54.6 Å². The fraction of sp³-hybridized carbons (Fsp3) is 0.188. The second kappa shape index (κ2) is 5.92. The molecule has 0 radical (unpaired) electrons. The zero-order chi connectivity index (χ0) is 13.8. The van der Waals surface area contributed by atoms with Crippen LogP contribution < -0.4 is 15.4 Å². The largest absolute Gasteiger partial charge is 0.455 e. The number of nitrogens with one attached hydrogen (secondary N) is 2. The SMILES string of the molecule is S=C(Nc1ccccc1Oc1ccccc1)NC1CC1. The summed E-state index contributed by atoms with van der Waals surface area (Å²) in [4.78, 5) is 0. The molecule has 0 saturated heterocycles. The summed E-state index contributed by atoms with van der Waals surface area (Å²) in [6.45, 7) is 0. The van der Waals surface area contributed by atoms with Crippen molar-refractivity contribution in [3.63, 3.8) is 0 Å². The topological polar surface area (TPSA) is 33.3 Å². The van der Waals surface area contributed by atoms with E-state index in [-0.39, 0.29) is 0 Å². The zero-order valence-electron chi connectivity index (χ0n) is 11.0. The number of thiocarbonyl (C=S) groups is 1. The molecule has 2 aromatic carbocycles. The molecule has 0 heterocycles. The van der Waals surface area contributed by atoms with E-state index in [0.717, 1.165) is 17.2 Å². The van der Waals surface area contributed by atoms with Crippen LogP contribution in [0.3, 0.4) is 0 Å². The Labute approximate surface area is 124 Å². The van der Waals surface area contributed by atoms with Gasteiger partial charge in [-0.3, -0.25) is 0 Å². The molecule has 3 rings (SSSR count). The van der Waals surface area contributed by atoms with E-state index in [9.17, 15) is 0 Å². The molecule has 1 aliphatic carbocycles. The molecule has 0 bridgehead atoms. The first kappa shape index (κ1) is 12.9. The Kier molecular flexibility index (Phi) is 3.83. The van der Waals surface area contributed by atoms with Crippen molar-refractivity contribution in [2.45, 2.75) is 18.9 Å². The average molecular weight is 284 g/mol. The molecular formula is C16H16N2OS. The Hall–Kier alpha value is -2.07. The Bertz CT molecular complexity index is 596. The minimum Gasteiger partial charge on any atom is -0.455 e. The molecule has 0 atom stereocenters. The summed E-state index contributed by atoms with van der Waals surface area (Å²) >= 11 is 5.30. The number of hydrogen-bond donors (Lipinski definition) is 2. The van der Waals surface area contributed by atoms with Crippen LogP contribution in [0.4, 0.5) is 5.69 Å². The lowest BCUT2D eigenvalue weighted by Crippen LogP contribution is -2.30. The van der Waals surface area contributed by atoms with Crippen LogP contribution in [0.2, 0.25) is 0 Å². The Morgan fingerprint density at radius 3 is 2.45 bits per heavy atom. The third-order valence-electron chi connectivity index (χ3n) is 3.02. The van der Waals surface area contributed by atoms with Crippen molar-refractivity contribution in [1.29, 1.82) is 0 Å². The third-order valence-corrected chi connectivity index (χ3v) is 3.24. The molecule has 0 amide bonds. The van der Waals surface area contributed by atoms with Crippen LogP contribution in [0, 0.1) is 0 Å².